The monoisotopic (exact) mass is 382 g/mol. The molecule has 1 heterocycles. The van der Waals surface area contributed by atoms with E-state index in [0.717, 1.165) is 25.7 Å². The third-order valence-corrected chi connectivity index (χ3v) is 5.17. The minimum atomic E-state index is -2.99. The fourth-order valence-corrected chi connectivity index (χ4v) is 3.91. The van der Waals surface area contributed by atoms with Crippen molar-refractivity contribution in [3.63, 3.8) is 0 Å². The fourth-order valence-electron chi connectivity index (χ4n) is 3.03. The summed E-state index contributed by atoms with van der Waals surface area (Å²) in [5, 5.41) is 3.31. The van der Waals surface area contributed by atoms with Gasteiger partial charge in [-0.1, -0.05) is 31.4 Å². The number of amidine groups is 1. The van der Waals surface area contributed by atoms with Crippen LogP contribution in [0, 0.1) is 0 Å². The molecule has 1 N–H and O–H groups in total. The van der Waals surface area contributed by atoms with Crippen LogP contribution in [0.4, 0.5) is 8.78 Å². The highest BCUT2D eigenvalue weighted by atomic mass is 32.2. The normalized spacial score (nSPS) is 21.5. The van der Waals surface area contributed by atoms with Crippen LogP contribution in [0.3, 0.4) is 0 Å². The van der Waals surface area contributed by atoms with Gasteiger partial charge in [0.2, 0.25) is 0 Å². The molecule has 5 nitrogen and oxygen atoms in total. The lowest BCUT2D eigenvalue weighted by atomic mass is 9.96. The molecule has 0 spiro atoms. The van der Waals surface area contributed by atoms with E-state index in [1.807, 2.05) is 0 Å². The Morgan fingerprint density at radius 1 is 1.31 bits per heavy atom. The molecule has 1 saturated carbocycles. The summed E-state index contributed by atoms with van der Waals surface area (Å²) in [5.41, 5.74) is 0.348. The predicted molar refractivity (Wildman–Crippen MR) is 97.6 cm³/mol. The zero-order valence-electron chi connectivity index (χ0n) is 14.3. The number of hydrogen-bond acceptors (Lipinski definition) is 5. The van der Waals surface area contributed by atoms with E-state index in [-0.39, 0.29) is 23.4 Å². The van der Waals surface area contributed by atoms with Gasteiger partial charge in [0, 0.05) is 5.56 Å². The Balaban J connectivity index is 1.83. The van der Waals surface area contributed by atoms with E-state index in [4.69, 9.17) is 4.74 Å². The lowest BCUT2D eigenvalue weighted by molar-refractivity contribution is -0.115. The number of nitrogens with zero attached hydrogens (tertiary/aromatic N) is 1. The molecule has 0 atom stereocenters. The van der Waals surface area contributed by atoms with Crippen molar-refractivity contribution in [2.45, 2.75) is 44.8 Å². The molecule has 1 amide bonds. The molecule has 8 heteroatoms. The summed E-state index contributed by atoms with van der Waals surface area (Å²) < 4.78 is 35.1. The number of halogens is 2. The minimum absolute atomic E-state index is 0.0939. The van der Waals surface area contributed by atoms with Gasteiger partial charge in [-0.25, -0.2) is 0 Å². The van der Waals surface area contributed by atoms with Crippen LogP contribution in [-0.4, -0.2) is 30.8 Å². The molecule has 1 saturated heterocycles. The van der Waals surface area contributed by atoms with E-state index in [0.29, 0.717) is 15.6 Å². The third-order valence-electron chi connectivity index (χ3n) is 4.25. The molecule has 26 heavy (non-hydrogen) atoms. The number of amides is 1. The van der Waals surface area contributed by atoms with E-state index in [9.17, 15) is 13.6 Å². The van der Waals surface area contributed by atoms with E-state index < -0.39 is 6.61 Å². The van der Waals surface area contributed by atoms with Gasteiger partial charge in [-0.3, -0.25) is 9.79 Å². The SMILES string of the molecule is COc1cccc(/C=C2\SC(=NC3CCCCC3)NC2=O)c1OC(F)F. The van der Waals surface area contributed by atoms with E-state index in [2.05, 4.69) is 15.0 Å². The van der Waals surface area contributed by atoms with Gasteiger partial charge in [-0.15, -0.1) is 0 Å². The van der Waals surface area contributed by atoms with Crippen molar-refractivity contribution in [2.24, 2.45) is 4.99 Å². The van der Waals surface area contributed by atoms with Crippen LogP contribution in [0.5, 0.6) is 11.5 Å². The van der Waals surface area contributed by atoms with Gasteiger partial charge >= 0.3 is 6.61 Å². The minimum Gasteiger partial charge on any atom is -0.493 e. The zero-order valence-corrected chi connectivity index (χ0v) is 15.2. The molecule has 2 fully saturated rings. The molecule has 0 unspecified atom stereocenters. The number of thioether (sulfide) groups is 1. The number of ether oxygens (including phenoxy) is 2. The number of hydrogen-bond donors (Lipinski definition) is 1. The Morgan fingerprint density at radius 2 is 2.08 bits per heavy atom. The molecule has 140 valence electrons. The number of rotatable bonds is 5. The second-order valence-electron chi connectivity index (χ2n) is 6.05. The summed E-state index contributed by atoms with van der Waals surface area (Å²) in [6, 6.07) is 5.01. The molecule has 1 aliphatic carbocycles. The number of carbonyl (C=O) groups excluding carboxylic acids is 1. The second-order valence-corrected chi connectivity index (χ2v) is 7.08. The number of para-hydroxylation sites is 1. The summed E-state index contributed by atoms with van der Waals surface area (Å²) in [4.78, 5) is 17.2. The molecule has 3 rings (SSSR count). The van der Waals surface area contributed by atoms with Gasteiger partial charge in [-0.05, 0) is 36.7 Å². The first-order chi connectivity index (χ1) is 12.6. The summed E-state index contributed by atoms with van der Waals surface area (Å²) >= 11 is 1.21. The Bertz CT molecular complexity index is 731. The lowest BCUT2D eigenvalue weighted by Gasteiger charge is -2.17. The quantitative estimate of drug-likeness (QED) is 0.776. The number of methoxy groups -OCH3 is 1. The predicted octanol–water partition coefficient (Wildman–Crippen LogP) is 4.19. The number of carbonyl (C=O) groups is 1. The summed E-state index contributed by atoms with van der Waals surface area (Å²) in [5.74, 6) is -0.210. The second kappa shape index (κ2) is 8.53. The maximum Gasteiger partial charge on any atom is 0.387 e. The summed E-state index contributed by atoms with van der Waals surface area (Å²) in [7, 11) is 1.37. The Kier molecular flexibility index (Phi) is 6.13. The van der Waals surface area contributed by atoms with E-state index in [1.165, 1.54) is 37.4 Å². The molecule has 0 bridgehead atoms. The van der Waals surface area contributed by atoms with Gasteiger partial charge in [0.15, 0.2) is 16.7 Å². The van der Waals surface area contributed by atoms with Crippen LogP contribution in [0.2, 0.25) is 0 Å². The standard InChI is InChI=1S/C18H20F2N2O3S/c1-24-13-9-5-6-11(15(13)25-17(19)20)10-14-16(23)22-18(26-14)21-12-7-3-2-4-8-12/h5-6,9-10,12,17H,2-4,7-8H2,1H3,(H,21,22,23)/b14-10-. The molecule has 2 aliphatic rings. The maximum atomic E-state index is 12.7. The Labute approximate surface area is 154 Å². The molecule has 1 aromatic rings. The maximum absolute atomic E-state index is 12.7. The van der Waals surface area contributed by atoms with E-state index >= 15 is 0 Å². The smallest absolute Gasteiger partial charge is 0.387 e. The lowest BCUT2D eigenvalue weighted by Crippen LogP contribution is -2.22. The van der Waals surface area contributed by atoms with Crippen LogP contribution in [0.25, 0.3) is 6.08 Å². The van der Waals surface area contributed by atoms with Crippen molar-refractivity contribution in [1.29, 1.82) is 0 Å². The molecular weight excluding hydrogens is 362 g/mol. The van der Waals surface area contributed by atoms with Crippen LogP contribution in [0.15, 0.2) is 28.1 Å². The van der Waals surface area contributed by atoms with Gasteiger partial charge < -0.3 is 14.8 Å². The highest BCUT2D eigenvalue weighted by molar-refractivity contribution is 8.18. The third kappa shape index (κ3) is 4.55. The van der Waals surface area contributed by atoms with Crippen LogP contribution in [-0.2, 0) is 4.79 Å². The van der Waals surface area contributed by atoms with Crippen molar-refractivity contribution < 1.29 is 23.0 Å². The van der Waals surface area contributed by atoms with Crippen LogP contribution < -0.4 is 14.8 Å². The zero-order chi connectivity index (χ0) is 18.5. The van der Waals surface area contributed by atoms with Gasteiger partial charge in [0.1, 0.15) is 0 Å². The summed E-state index contributed by atoms with van der Waals surface area (Å²) in [6.07, 6.45) is 7.11. The van der Waals surface area contributed by atoms with Crippen molar-refractivity contribution in [1.82, 2.24) is 5.32 Å². The average Bonchev–Trinajstić information content (AvgIpc) is 2.96. The molecule has 1 aliphatic heterocycles. The molecule has 1 aromatic carbocycles. The largest absolute Gasteiger partial charge is 0.493 e. The number of aliphatic imine (C=N–C) groups is 1. The first-order valence-electron chi connectivity index (χ1n) is 8.47. The highest BCUT2D eigenvalue weighted by Crippen LogP contribution is 2.36. The van der Waals surface area contributed by atoms with Crippen LogP contribution >= 0.6 is 11.8 Å². The highest BCUT2D eigenvalue weighted by Gasteiger charge is 2.26. The van der Waals surface area contributed by atoms with Crippen molar-refractivity contribution >= 4 is 28.9 Å². The van der Waals surface area contributed by atoms with Crippen LogP contribution in [0.1, 0.15) is 37.7 Å². The first-order valence-corrected chi connectivity index (χ1v) is 9.29. The first kappa shape index (κ1) is 18.7. The molecule has 0 radical (unpaired) electrons. The van der Waals surface area contributed by atoms with Crippen molar-refractivity contribution in [3.05, 3.63) is 28.7 Å². The molecular formula is C18H20F2N2O3S. The number of alkyl halides is 2. The molecule has 0 aromatic heterocycles. The fraction of sp³-hybridized carbons (Fsp3) is 0.444. The van der Waals surface area contributed by atoms with Gasteiger partial charge in [0.25, 0.3) is 5.91 Å². The Morgan fingerprint density at radius 3 is 2.77 bits per heavy atom. The topological polar surface area (TPSA) is 59.9 Å². The van der Waals surface area contributed by atoms with Crippen molar-refractivity contribution in [3.8, 4) is 11.5 Å². The average molecular weight is 382 g/mol. The summed E-state index contributed by atoms with van der Waals surface area (Å²) in [6.45, 7) is -2.99. The number of benzene rings is 1. The Hall–Kier alpha value is -2.09. The van der Waals surface area contributed by atoms with Gasteiger partial charge in [0.05, 0.1) is 18.1 Å². The van der Waals surface area contributed by atoms with E-state index in [1.54, 1.807) is 12.1 Å². The van der Waals surface area contributed by atoms with Gasteiger partial charge in [-0.2, -0.15) is 8.78 Å². The number of nitrogens with one attached hydrogen (secondary N) is 1. The van der Waals surface area contributed by atoms with Crippen molar-refractivity contribution in [2.75, 3.05) is 7.11 Å².